The number of likely N-dealkylation sites (tertiary alicyclic amines) is 1. The summed E-state index contributed by atoms with van der Waals surface area (Å²) in [7, 11) is 0. The molecule has 0 aliphatic carbocycles. The second-order valence-corrected chi connectivity index (χ2v) is 6.29. The van der Waals surface area contributed by atoms with E-state index in [-0.39, 0.29) is 17.7 Å². The molecule has 1 aromatic heterocycles. The van der Waals surface area contributed by atoms with E-state index in [0.29, 0.717) is 26.1 Å². The molecule has 1 saturated heterocycles. The van der Waals surface area contributed by atoms with Gasteiger partial charge in [0.15, 0.2) is 0 Å². The summed E-state index contributed by atoms with van der Waals surface area (Å²) in [5, 5.41) is 6.22. The maximum absolute atomic E-state index is 12.2. The second kappa shape index (κ2) is 5.85. The van der Waals surface area contributed by atoms with Crippen molar-refractivity contribution in [3.8, 4) is 0 Å². The lowest BCUT2D eigenvalue weighted by atomic mass is 10.1. The van der Waals surface area contributed by atoms with Crippen LogP contribution < -0.4 is 5.32 Å². The first kappa shape index (κ1) is 14.1. The Kier molecular flexibility index (Phi) is 3.92. The Bertz CT molecular complexity index is 680. The van der Waals surface area contributed by atoms with E-state index in [2.05, 4.69) is 28.9 Å². The minimum absolute atomic E-state index is 0.0234. The van der Waals surface area contributed by atoms with Gasteiger partial charge in [-0.2, -0.15) is 0 Å². The largest absolute Gasteiger partial charge is 0.352 e. The van der Waals surface area contributed by atoms with Crippen LogP contribution in [0.4, 0.5) is 0 Å². The molecule has 1 N–H and O–H groups in total. The lowest BCUT2D eigenvalue weighted by Gasteiger charge is -2.13. The molecule has 1 aliphatic rings. The summed E-state index contributed by atoms with van der Waals surface area (Å²) < 4.78 is 1.25. The summed E-state index contributed by atoms with van der Waals surface area (Å²) in [4.78, 5) is 25.5. The monoisotopic (exact) mass is 302 g/mol. The Labute approximate surface area is 127 Å². The molecule has 0 spiro atoms. The topological polar surface area (TPSA) is 49.4 Å². The summed E-state index contributed by atoms with van der Waals surface area (Å²) in [6.07, 6.45) is 0.337. The van der Waals surface area contributed by atoms with Crippen molar-refractivity contribution in [2.24, 2.45) is 5.92 Å². The van der Waals surface area contributed by atoms with Gasteiger partial charge in [0.1, 0.15) is 0 Å². The van der Waals surface area contributed by atoms with Gasteiger partial charge in [-0.3, -0.25) is 9.59 Å². The molecule has 2 heterocycles. The van der Waals surface area contributed by atoms with Crippen LogP contribution in [-0.2, 0) is 16.1 Å². The molecular formula is C16H18N2O2S. The van der Waals surface area contributed by atoms with Crippen LogP contribution in [0.5, 0.6) is 0 Å². The maximum Gasteiger partial charge on any atom is 0.225 e. The number of nitrogens with one attached hydrogen (secondary N) is 1. The molecule has 5 heteroatoms. The number of benzene rings is 1. The van der Waals surface area contributed by atoms with Crippen LogP contribution in [0.3, 0.4) is 0 Å². The van der Waals surface area contributed by atoms with Gasteiger partial charge in [0.25, 0.3) is 0 Å². The number of nitrogens with zero attached hydrogens (tertiary/aromatic N) is 1. The third-order valence-corrected chi connectivity index (χ3v) is 4.85. The van der Waals surface area contributed by atoms with Gasteiger partial charge in [-0.1, -0.05) is 6.07 Å². The maximum atomic E-state index is 12.2. The van der Waals surface area contributed by atoms with Crippen molar-refractivity contribution < 1.29 is 9.59 Å². The fourth-order valence-electron chi connectivity index (χ4n) is 2.71. The summed E-state index contributed by atoms with van der Waals surface area (Å²) >= 11 is 1.71. The van der Waals surface area contributed by atoms with Gasteiger partial charge in [0.2, 0.25) is 11.8 Å². The molecule has 1 atom stereocenters. The first-order valence-corrected chi connectivity index (χ1v) is 8.07. The SMILES string of the molecule is CCN1C[C@H](C(=O)NCc2ccc3sccc3c2)CC1=O. The third kappa shape index (κ3) is 2.93. The fraction of sp³-hybridized carbons (Fsp3) is 0.375. The minimum Gasteiger partial charge on any atom is -0.352 e. The number of fused-ring (bicyclic) bond motifs is 1. The summed E-state index contributed by atoms with van der Waals surface area (Å²) in [6, 6.07) is 8.31. The molecule has 110 valence electrons. The lowest BCUT2D eigenvalue weighted by Crippen LogP contribution is -2.32. The fourth-order valence-corrected chi connectivity index (χ4v) is 3.48. The molecule has 0 bridgehead atoms. The molecule has 1 aromatic carbocycles. The molecule has 0 radical (unpaired) electrons. The quantitative estimate of drug-likeness (QED) is 0.942. The van der Waals surface area contributed by atoms with E-state index in [1.165, 1.54) is 10.1 Å². The molecule has 2 amide bonds. The van der Waals surface area contributed by atoms with Gasteiger partial charge >= 0.3 is 0 Å². The molecule has 2 aromatic rings. The minimum atomic E-state index is -0.206. The van der Waals surface area contributed by atoms with E-state index in [1.807, 2.05) is 13.0 Å². The van der Waals surface area contributed by atoms with Gasteiger partial charge in [0.05, 0.1) is 5.92 Å². The van der Waals surface area contributed by atoms with E-state index in [1.54, 1.807) is 16.2 Å². The zero-order valence-corrected chi connectivity index (χ0v) is 12.8. The highest BCUT2D eigenvalue weighted by molar-refractivity contribution is 7.17. The van der Waals surface area contributed by atoms with E-state index < -0.39 is 0 Å². The highest BCUT2D eigenvalue weighted by Crippen LogP contribution is 2.22. The van der Waals surface area contributed by atoms with Crippen LogP contribution in [0.2, 0.25) is 0 Å². The van der Waals surface area contributed by atoms with Crippen LogP contribution in [0.25, 0.3) is 10.1 Å². The molecular weight excluding hydrogens is 284 g/mol. The van der Waals surface area contributed by atoms with Crippen molar-refractivity contribution in [2.45, 2.75) is 19.9 Å². The van der Waals surface area contributed by atoms with Crippen LogP contribution in [0, 0.1) is 5.92 Å². The van der Waals surface area contributed by atoms with Crippen molar-refractivity contribution in [1.29, 1.82) is 0 Å². The van der Waals surface area contributed by atoms with E-state index in [9.17, 15) is 9.59 Å². The number of amides is 2. The summed E-state index contributed by atoms with van der Waals surface area (Å²) in [5.41, 5.74) is 1.09. The van der Waals surface area contributed by atoms with Crippen molar-refractivity contribution >= 4 is 33.2 Å². The Morgan fingerprint density at radius 2 is 2.29 bits per heavy atom. The lowest BCUT2D eigenvalue weighted by molar-refractivity contribution is -0.128. The standard InChI is InChI=1S/C16H18N2O2S/c1-2-18-10-13(8-15(18)19)16(20)17-9-11-3-4-14-12(7-11)5-6-21-14/h3-7,13H,2,8-10H2,1H3,(H,17,20)/t13-/m1/s1. The van der Waals surface area contributed by atoms with E-state index in [0.717, 1.165) is 5.56 Å². The van der Waals surface area contributed by atoms with Crippen molar-refractivity contribution in [3.63, 3.8) is 0 Å². The van der Waals surface area contributed by atoms with Gasteiger partial charge < -0.3 is 10.2 Å². The Balaban J connectivity index is 1.59. The Morgan fingerprint density at radius 1 is 1.43 bits per heavy atom. The average molecular weight is 302 g/mol. The van der Waals surface area contributed by atoms with Crippen LogP contribution in [0.15, 0.2) is 29.6 Å². The first-order valence-electron chi connectivity index (χ1n) is 7.19. The summed E-state index contributed by atoms with van der Waals surface area (Å²) in [6.45, 7) is 3.68. The first-order chi connectivity index (χ1) is 10.2. The highest BCUT2D eigenvalue weighted by atomic mass is 32.1. The number of hydrogen-bond donors (Lipinski definition) is 1. The second-order valence-electron chi connectivity index (χ2n) is 5.34. The van der Waals surface area contributed by atoms with Crippen LogP contribution >= 0.6 is 11.3 Å². The number of rotatable bonds is 4. The predicted octanol–water partition coefficient (Wildman–Crippen LogP) is 2.39. The summed E-state index contributed by atoms with van der Waals surface area (Å²) in [5.74, 6) is -0.149. The molecule has 3 rings (SSSR count). The Hall–Kier alpha value is -1.88. The number of carbonyl (C=O) groups is 2. The van der Waals surface area contributed by atoms with Crippen LogP contribution in [0.1, 0.15) is 18.9 Å². The smallest absolute Gasteiger partial charge is 0.225 e. The molecule has 21 heavy (non-hydrogen) atoms. The van der Waals surface area contributed by atoms with E-state index in [4.69, 9.17) is 0 Å². The Morgan fingerprint density at radius 3 is 3.05 bits per heavy atom. The van der Waals surface area contributed by atoms with Crippen molar-refractivity contribution in [3.05, 3.63) is 35.2 Å². The zero-order chi connectivity index (χ0) is 14.8. The molecule has 1 aliphatic heterocycles. The molecule has 4 nitrogen and oxygen atoms in total. The number of thiophene rings is 1. The van der Waals surface area contributed by atoms with Crippen molar-refractivity contribution in [2.75, 3.05) is 13.1 Å². The zero-order valence-electron chi connectivity index (χ0n) is 12.0. The average Bonchev–Trinajstić information content (AvgIpc) is 3.10. The normalized spacial score (nSPS) is 18.4. The highest BCUT2D eigenvalue weighted by Gasteiger charge is 2.33. The van der Waals surface area contributed by atoms with Gasteiger partial charge in [0, 0.05) is 30.8 Å². The molecule has 0 unspecified atom stereocenters. The molecule has 1 fully saturated rings. The van der Waals surface area contributed by atoms with Crippen molar-refractivity contribution in [1.82, 2.24) is 10.2 Å². The number of carbonyl (C=O) groups excluding carboxylic acids is 2. The van der Waals surface area contributed by atoms with E-state index >= 15 is 0 Å². The molecule has 0 saturated carbocycles. The third-order valence-electron chi connectivity index (χ3n) is 3.95. The van der Waals surface area contributed by atoms with Gasteiger partial charge in [-0.05, 0) is 41.5 Å². The van der Waals surface area contributed by atoms with Gasteiger partial charge in [-0.15, -0.1) is 11.3 Å². The van der Waals surface area contributed by atoms with Gasteiger partial charge in [-0.25, -0.2) is 0 Å². The predicted molar refractivity (Wildman–Crippen MR) is 84.0 cm³/mol. The van der Waals surface area contributed by atoms with Crippen LogP contribution in [-0.4, -0.2) is 29.8 Å². The number of hydrogen-bond acceptors (Lipinski definition) is 3.